The molecule has 0 heterocycles. The molecule has 18 heavy (non-hydrogen) atoms. The molecule has 0 radical (unpaired) electrons. The highest BCUT2D eigenvalue weighted by atomic mass is 16.5. The summed E-state index contributed by atoms with van der Waals surface area (Å²) >= 11 is 0. The van der Waals surface area contributed by atoms with Crippen molar-refractivity contribution in [1.29, 1.82) is 0 Å². The second kappa shape index (κ2) is 12.4. The van der Waals surface area contributed by atoms with Crippen LogP contribution in [0.2, 0.25) is 0 Å². The van der Waals surface area contributed by atoms with E-state index in [9.17, 15) is 4.79 Å². The van der Waals surface area contributed by atoms with Gasteiger partial charge in [-0.05, 0) is 25.7 Å². The van der Waals surface area contributed by atoms with Crippen molar-refractivity contribution < 1.29 is 9.53 Å². The molecular formula is C16H28O2. The maximum atomic E-state index is 11.0. The van der Waals surface area contributed by atoms with E-state index < -0.39 is 0 Å². The van der Waals surface area contributed by atoms with Crippen LogP contribution in [0.3, 0.4) is 0 Å². The fourth-order valence-electron chi connectivity index (χ4n) is 1.83. The van der Waals surface area contributed by atoms with Gasteiger partial charge in [-0.3, -0.25) is 0 Å². The second-order valence-electron chi connectivity index (χ2n) is 4.62. The molecule has 0 aromatic heterocycles. The molecule has 0 saturated heterocycles. The zero-order valence-corrected chi connectivity index (χ0v) is 12.2. The normalized spacial score (nSPS) is 10.6. The van der Waals surface area contributed by atoms with Crippen LogP contribution in [0.1, 0.15) is 65.2 Å². The van der Waals surface area contributed by atoms with Crippen molar-refractivity contribution in [3.05, 3.63) is 23.8 Å². The first-order valence-corrected chi connectivity index (χ1v) is 7.18. The summed E-state index contributed by atoms with van der Waals surface area (Å²) in [5.74, 6) is -0.285. The fourth-order valence-corrected chi connectivity index (χ4v) is 1.83. The number of methoxy groups -OCH3 is 1. The first-order valence-electron chi connectivity index (χ1n) is 7.18. The SMILES string of the molecule is CCCCCC(=CC=CC(=O)OC)CCCCC. The monoisotopic (exact) mass is 252 g/mol. The number of rotatable bonds is 10. The van der Waals surface area contributed by atoms with Gasteiger partial charge < -0.3 is 4.74 Å². The van der Waals surface area contributed by atoms with Crippen molar-refractivity contribution >= 4 is 5.97 Å². The summed E-state index contributed by atoms with van der Waals surface area (Å²) in [5.41, 5.74) is 1.46. The van der Waals surface area contributed by atoms with E-state index in [1.807, 2.05) is 6.08 Å². The largest absolute Gasteiger partial charge is 0.466 e. The molecule has 0 aliphatic carbocycles. The number of hydrogen-bond acceptors (Lipinski definition) is 2. The Hall–Kier alpha value is -1.05. The number of hydrogen-bond donors (Lipinski definition) is 0. The molecule has 0 atom stereocenters. The van der Waals surface area contributed by atoms with E-state index in [0.29, 0.717) is 0 Å². The van der Waals surface area contributed by atoms with Gasteiger partial charge in [0.05, 0.1) is 7.11 Å². The molecular weight excluding hydrogens is 224 g/mol. The third kappa shape index (κ3) is 10.1. The van der Waals surface area contributed by atoms with Crippen molar-refractivity contribution in [2.24, 2.45) is 0 Å². The van der Waals surface area contributed by atoms with Crippen LogP contribution in [0.25, 0.3) is 0 Å². The van der Waals surface area contributed by atoms with E-state index in [0.717, 1.165) is 12.8 Å². The molecule has 0 unspecified atom stereocenters. The Bertz CT molecular complexity index is 252. The average molecular weight is 252 g/mol. The molecule has 104 valence electrons. The van der Waals surface area contributed by atoms with Crippen molar-refractivity contribution in [2.45, 2.75) is 65.2 Å². The summed E-state index contributed by atoms with van der Waals surface area (Å²) in [5, 5.41) is 0. The Morgan fingerprint density at radius 1 is 1.00 bits per heavy atom. The lowest BCUT2D eigenvalue weighted by Crippen LogP contribution is -1.93. The lowest BCUT2D eigenvalue weighted by molar-refractivity contribution is -0.134. The molecule has 2 heteroatoms. The van der Waals surface area contributed by atoms with E-state index in [1.165, 1.54) is 57.3 Å². The Morgan fingerprint density at radius 3 is 2.00 bits per heavy atom. The molecule has 2 nitrogen and oxygen atoms in total. The highest BCUT2D eigenvalue weighted by Gasteiger charge is 1.97. The quantitative estimate of drug-likeness (QED) is 0.241. The standard InChI is InChI=1S/C16H28O2/c1-4-6-8-11-15(12-9-7-5-2)13-10-14-16(17)18-3/h10,13-14H,4-9,11-12H2,1-3H3. The topological polar surface area (TPSA) is 26.3 Å². The van der Waals surface area contributed by atoms with E-state index in [1.54, 1.807) is 0 Å². The predicted molar refractivity (Wildman–Crippen MR) is 77.5 cm³/mol. The highest BCUT2D eigenvalue weighted by molar-refractivity contribution is 5.82. The third-order valence-electron chi connectivity index (χ3n) is 2.97. The number of ether oxygens (including phenoxy) is 1. The van der Waals surface area contributed by atoms with Gasteiger partial charge in [-0.2, -0.15) is 0 Å². The second-order valence-corrected chi connectivity index (χ2v) is 4.62. The number of carbonyl (C=O) groups is 1. The van der Waals surface area contributed by atoms with Gasteiger partial charge in [0.15, 0.2) is 0 Å². The number of allylic oxidation sites excluding steroid dienone is 3. The van der Waals surface area contributed by atoms with E-state index in [4.69, 9.17) is 0 Å². The number of esters is 1. The minimum atomic E-state index is -0.285. The Morgan fingerprint density at radius 2 is 1.56 bits per heavy atom. The molecule has 0 aromatic rings. The lowest BCUT2D eigenvalue weighted by Gasteiger charge is -2.06. The van der Waals surface area contributed by atoms with Gasteiger partial charge in [0.25, 0.3) is 0 Å². The maximum Gasteiger partial charge on any atom is 0.330 e. The summed E-state index contributed by atoms with van der Waals surface area (Å²) in [4.78, 5) is 11.0. The van der Waals surface area contributed by atoms with Gasteiger partial charge in [0.2, 0.25) is 0 Å². The minimum Gasteiger partial charge on any atom is -0.466 e. The van der Waals surface area contributed by atoms with Crippen LogP contribution in [0.5, 0.6) is 0 Å². The van der Waals surface area contributed by atoms with Gasteiger partial charge in [0.1, 0.15) is 0 Å². The Balaban J connectivity index is 4.19. The number of unbranched alkanes of at least 4 members (excludes halogenated alkanes) is 4. The number of carbonyl (C=O) groups excluding carboxylic acids is 1. The molecule has 0 saturated carbocycles. The summed E-state index contributed by atoms with van der Waals surface area (Å²) < 4.78 is 4.57. The molecule has 0 bridgehead atoms. The molecule has 0 fully saturated rings. The van der Waals surface area contributed by atoms with Crippen molar-refractivity contribution in [1.82, 2.24) is 0 Å². The van der Waals surface area contributed by atoms with Crippen molar-refractivity contribution in [2.75, 3.05) is 7.11 Å². The summed E-state index contributed by atoms with van der Waals surface area (Å²) in [6.07, 6.45) is 15.3. The zero-order valence-electron chi connectivity index (χ0n) is 12.2. The summed E-state index contributed by atoms with van der Waals surface area (Å²) in [7, 11) is 1.40. The summed E-state index contributed by atoms with van der Waals surface area (Å²) in [6.45, 7) is 4.44. The smallest absolute Gasteiger partial charge is 0.330 e. The van der Waals surface area contributed by atoms with Gasteiger partial charge in [-0.1, -0.05) is 57.3 Å². The van der Waals surface area contributed by atoms with Gasteiger partial charge in [0, 0.05) is 6.08 Å². The summed E-state index contributed by atoms with van der Waals surface area (Å²) in [6, 6.07) is 0. The molecule has 0 amide bonds. The van der Waals surface area contributed by atoms with Crippen LogP contribution in [0.15, 0.2) is 23.8 Å². The first-order chi connectivity index (χ1) is 8.74. The molecule has 0 aliphatic rings. The van der Waals surface area contributed by atoms with Crippen LogP contribution < -0.4 is 0 Å². The Labute approximate surface area is 112 Å². The zero-order chi connectivity index (χ0) is 13.6. The average Bonchev–Trinajstić information content (AvgIpc) is 2.38. The van der Waals surface area contributed by atoms with Crippen molar-refractivity contribution in [3.8, 4) is 0 Å². The van der Waals surface area contributed by atoms with Crippen LogP contribution >= 0.6 is 0 Å². The van der Waals surface area contributed by atoms with Gasteiger partial charge in [-0.25, -0.2) is 4.79 Å². The first kappa shape index (κ1) is 16.9. The molecule has 0 spiro atoms. The van der Waals surface area contributed by atoms with E-state index in [-0.39, 0.29) is 5.97 Å². The van der Waals surface area contributed by atoms with Crippen LogP contribution in [0, 0.1) is 0 Å². The molecule has 0 N–H and O–H groups in total. The fraction of sp³-hybridized carbons (Fsp3) is 0.688. The van der Waals surface area contributed by atoms with E-state index in [2.05, 4.69) is 24.7 Å². The van der Waals surface area contributed by atoms with Crippen LogP contribution in [-0.4, -0.2) is 13.1 Å². The predicted octanol–water partition coefficient (Wildman–Crippen LogP) is 4.80. The maximum absolute atomic E-state index is 11.0. The van der Waals surface area contributed by atoms with Crippen LogP contribution in [-0.2, 0) is 9.53 Å². The molecule has 0 rings (SSSR count). The van der Waals surface area contributed by atoms with Crippen molar-refractivity contribution in [3.63, 3.8) is 0 Å². The van der Waals surface area contributed by atoms with E-state index >= 15 is 0 Å². The van der Waals surface area contributed by atoms with Crippen LogP contribution in [0.4, 0.5) is 0 Å². The lowest BCUT2D eigenvalue weighted by atomic mass is 10.0. The Kier molecular flexibility index (Phi) is 11.7. The third-order valence-corrected chi connectivity index (χ3v) is 2.97. The molecule has 0 aromatic carbocycles. The molecule has 0 aliphatic heterocycles. The minimum absolute atomic E-state index is 0.285. The van der Waals surface area contributed by atoms with Gasteiger partial charge in [-0.15, -0.1) is 0 Å². The van der Waals surface area contributed by atoms with Gasteiger partial charge >= 0.3 is 5.97 Å². The highest BCUT2D eigenvalue weighted by Crippen LogP contribution is 2.16.